The smallest absolute Gasteiger partial charge is 0.409 e. The van der Waals surface area contributed by atoms with Crippen molar-refractivity contribution in [3.05, 3.63) is 77.5 Å². The molecule has 0 unspecified atom stereocenters. The van der Waals surface area contributed by atoms with E-state index in [2.05, 4.69) is 34.3 Å². The number of para-hydroxylation sites is 1. The first kappa shape index (κ1) is 24.5. The number of fused-ring (bicyclic) bond motifs is 1. The number of hydrogen-bond donors (Lipinski definition) is 3. The number of likely N-dealkylation sites (tertiary alicyclic amines) is 1. The molecule has 35 heavy (non-hydrogen) atoms. The summed E-state index contributed by atoms with van der Waals surface area (Å²) < 4.78 is 5.56. The number of aromatic nitrogens is 1. The van der Waals surface area contributed by atoms with Crippen molar-refractivity contribution in [2.24, 2.45) is 0 Å². The van der Waals surface area contributed by atoms with E-state index in [0.717, 1.165) is 55.5 Å². The summed E-state index contributed by atoms with van der Waals surface area (Å²) in [4.78, 5) is 30.9. The van der Waals surface area contributed by atoms with Gasteiger partial charge >= 0.3 is 6.09 Å². The van der Waals surface area contributed by atoms with Crippen LogP contribution >= 0.6 is 0 Å². The summed E-state index contributed by atoms with van der Waals surface area (Å²) in [6, 6.07) is 16.2. The Morgan fingerprint density at radius 2 is 1.86 bits per heavy atom. The molecule has 8 nitrogen and oxygen atoms in total. The number of nitrogens with one attached hydrogen (secondary N) is 2. The van der Waals surface area contributed by atoms with Gasteiger partial charge in [0.2, 0.25) is 0 Å². The van der Waals surface area contributed by atoms with Crippen molar-refractivity contribution in [1.82, 2.24) is 20.3 Å². The minimum Gasteiger partial charge on any atom is -0.448 e. The molecule has 0 aliphatic carbocycles. The van der Waals surface area contributed by atoms with E-state index in [1.807, 2.05) is 30.3 Å². The number of hydrogen-bond acceptors (Lipinski definition) is 5. The van der Waals surface area contributed by atoms with Gasteiger partial charge < -0.3 is 14.6 Å². The van der Waals surface area contributed by atoms with Gasteiger partial charge in [-0.3, -0.25) is 14.9 Å². The van der Waals surface area contributed by atoms with Crippen molar-refractivity contribution in [2.45, 2.75) is 25.8 Å². The molecule has 0 radical (unpaired) electrons. The Bertz CT molecular complexity index is 1150. The van der Waals surface area contributed by atoms with Gasteiger partial charge in [-0.2, -0.15) is 0 Å². The number of ether oxygens (including phenoxy) is 1. The molecule has 4 rings (SSSR count). The third-order valence-electron chi connectivity index (χ3n) is 6.29. The number of H-pyrrole nitrogens is 1. The first-order valence-corrected chi connectivity index (χ1v) is 12.0. The highest BCUT2D eigenvalue weighted by atomic mass is 16.6. The van der Waals surface area contributed by atoms with Gasteiger partial charge in [-0.05, 0) is 48.1 Å². The lowest BCUT2D eigenvalue weighted by atomic mass is 10.1. The monoisotopic (exact) mass is 476 g/mol. The third kappa shape index (κ3) is 6.94. The molecule has 0 spiro atoms. The number of rotatable bonds is 10. The summed E-state index contributed by atoms with van der Waals surface area (Å²) in [6.07, 6.45) is 7.73. The molecular formula is C27H32N4O4. The fourth-order valence-electron chi connectivity index (χ4n) is 4.34. The van der Waals surface area contributed by atoms with E-state index in [0.29, 0.717) is 19.7 Å². The molecular weight excluding hydrogens is 444 g/mol. The zero-order valence-electron chi connectivity index (χ0n) is 19.8. The fourth-order valence-corrected chi connectivity index (χ4v) is 4.34. The molecule has 0 atom stereocenters. The van der Waals surface area contributed by atoms with E-state index in [1.165, 1.54) is 17.0 Å². The maximum Gasteiger partial charge on any atom is 0.409 e. The highest BCUT2D eigenvalue weighted by molar-refractivity contribution is 5.90. The standard InChI is InChI=1S/C27H32N4O4/c32-26(29-34)12-11-21-7-9-22(10-8-21)20-30(17-18-35-27(33)31-14-3-4-15-31)16-13-23-19-28-25-6-2-1-5-24(23)25/h1-2,5-12,19,28,34H,3-4,13-18,20H2,(H,29,32)/b12-11+. The van der Waals surface area contributed by atoms with Gasteiger partial charge in [-0.25, -0.2) is 10.3 Å². The number of carbonyl (C=O) groups excluding carboxylic acids is 2. The molecule has 8 heteroatoms. The topological polar surface area (TPSA) is 97.9 Å². The normalized spacial score (nSPS) is 13.7. The Balaban J connectivity index is 1.38. The zero-order chi connectivity index (χ0) is 24.5. The van der Waals surface area contributed by atoms with Gasteiger partial charge in [0.05, 0.1) is 0 Å². The number of amides is 2. The molecule has 2 heterocycles. The molecule has 0 saturated carbocycles. The second kappa shape index (κ2) is 12.2. The molecule has 184 valence electrons. The Hall–Kier alpha value is -3.62. The van der Waals surface area contributed by atoms with Gasteiger partial charge in [0.15, 0.2) is 0 Å². The van der Waals surface area contributed by atoms with Gasteiger partial charge in [-0.15, -0.1) is 0 Å². The highest BCUT2D eigenvalue weighted by Gasteiger charge is 2.19. The van der Waals surface area contributed by atoms with Gasteiger partial charge in [0.25, 0.3) is 5.91 Å². The lowest BCUT2D eigenvalue weighted by Gasteiger charge is -2.23. The maximum atomic E-state index is 12.3. The van der Waals surface area contributed by atoms with E-state index in [4.69, 9.17) is 9.94 Å². The summed E-state index contributed by atoms with van der Waals surface area (Å²) in [5.41, 5.74) is 5.97. The molecule has 2 amide bonds. The van der Waals surface area contributed by atoms with Crippen LogP contribution in [0.1, 0.15) is 29.5 Å². The van der Waals surface area contributed by atoms with Crippen LogP contribution in [0.2, 0.25) is 0 Å². The summed E-state index contributed by atoms with van der Waals surface area (Å²) in [7, 11) is 0. The lowest BCUT2D eigenvalue weighted by Crippen LogP contribution is -2.33. The molecule has 2 aromatic carbocycles. The van der Waals surface area contributed by atoms with Crippen LogP contribution in [-0.4, -0.2) is 64.8 Å². The summed E-state index contributed by atoms with van der Waals surface area (Å²) in [6.45, 7) is 4.08. The van der Waals surface area contributed by atoms with Crippen molar-refractivity contribution in [1.29, 1.82) is 0 Å². The van der Waals surface area contributed by atoms with E-state index >= 15 is 0 Å². The SMILES string of the molecule is O=C(/C=C/c1ccc(CN(CCOC(=O)N2CCCC2)CCc2c[nH]c3ccccc23)cc1)NO. The number of benzene rings is 2. The van der Waals surface area contributed by atoms with Crippen LogP contribution in [0, 0.1) is 0 Å². The molecule has 3 N–H and O–H groups in total. The van der Waals surface area contributed by atoms with Crippen molar-refractivity contribution in [3.8, 4) is 0 Å². The predicted octanol–water partition coefficient (Wildman–Crippen LogP) is 3.96. The van der Waals surface area contributed by atoms with Gasteiger partial charge in [-0.1, -0.05) is 42.5 Å². The minimum absolute atomic E-state index is 0.220. The second-order valence-corrected chi connectivity index (χ2v) is 8.75. The van der Waals surface area contributed by atoms with E-state index in [-0.39, 0.29) is 6.09 Å². The van der Waals surface area contributed by atoms with E-state index in [1.54, 1.807) is 16.5 Å². The molecule has 1 aromatic heterocycles. The third-order valence-corrected chi connectivity index (χ3v) is 6.29. The molecule has 1 saturated heterocycles. The second-order valence-electron chi connectivity index (χ2n) is 8.75. The van der Waals surface area contributed by atoms with Crippen LogP contribution in [-0.2, 0) is 22.5 Å². The van der Waals surface area contributed by atoms with Crippen molar-refractivity contribution >= 4 is 29.0 Å². The fraction of sp³-hybridized carbons (Fsp3) is 0.333. The quantitative estimate of drug-likeness (QED) is 0.234. The van der Waals surface area contributed by atoms with E-state index < -0.39 is 5.91 Å². The molecule has 0 bridgehead atoms. The lowest BCUT2D eigenvalue weighted by molar-refractivity contribution is -0.124. The van der Waals surface area contributed by atoms with Crippen LogP contribution in [0.5, 0.6) is 0 Å². The molecule has 3 aromatic rings. The largest absolute Gasteiger partial charge is 0.448 e. The van der Waals surface area contributed by atoms with Crippen molar-refractivity contribution in [2.75, 3.05) is 32.8 Å². The number of carbonyl (C=O) groups is 2. The summed E-state index contributed by atoms with van der Waals surface area (Å²) in [5, 5.41) is 9.84. The van der Waals surface area contributed by atoms with Crippen LogP contribution in [0.25, 0.3) is 17.0 Å². The van der Waals surface area contributed by atoms with Crippen molar-refractivity contribution < 1.29 is 19.5 Å². The predicted molar refractivity (Wildman–Crippen MR) is 135 cm³/mol. The summed E-state index contributed by atoms with van der Waals surface area (Å²) in [5.74, 6) is -0.569. The van der Waals surface area contributed by atoms with Crippen LogP contribution in [0.4, 0.5) is 4.79 Å². The zero-order valence-corrected chi connectivity index (χ0v) is 19.8. The first-order chi connectivity index (χ1) is 17.1. The van der Waals surface area contributed by atoms with Crippen molar-refractivity contribution in [3.63, 3.8) is 0 Å². The average Bonchev–Trinajstić information content (AvgIpc) is 3.57. The van der Waals surface area contributed by atoms with Gasteiger partial charge in [0, 0.05) is 55.9 Å². The Labute approximate surface area is 205 Å². The molecule has 1 aliphatic heterocycles. The number of nitrogens with zero attached hydrogens (tertiary/aromatic N) is 2. The minimum atomic E-state index is -0.569. The Morgan fingerprint density at radius 1 is 1.09 bits per heavy atom. The molecule has 1 fully saturated rings. The van der Waals surface area contributed by atoms with Crippen LogP contribution in [0.15, 0.2) is 60.8 Å². The first-order valence-electron chi connectivity index (χ1n) is 12.0. The van der Waals surface area contributed by atoms with Crippen LogP contribution < -0.4 is 5.48 Å². The number of hydroxylamine groups is 1. The summed E-state index contributed by atoms with van der Waals surface area (Å²) >= 11 is 0. The molecule has 1 aliphatic rings. The van der Waals surface area contributed by atoms with Crippen LogP contribution in [0.3, 0.4) is 0 Å². The Morgan fingerprint density at radius 3 is 2.63 bits per heavy atom. The highest BCUT2D eigenvalue weighted by Crippen LogP contribution is 2.19. The average molecular weight is 477 g/mol. The van der Waals surface area contributed by atoms with E-state index in [9.17, 15) is 9.59 Å². The number of aromatic amines is 1. The van der Waals surface area contributed by atoms with Gasteiger partial charge in [0.1, 0.15) is 6.61 Å². The maximum absolute atomic E-state index is 12.3. The Kier molecular flexibility index (Phi) is 8.53.